The average molecular weight is 346 g/mol. The number of rotatable bonds is 6. The number of halogens is 1. The number of benzene rings is 2. The van der Waals surface area contributed by atoms with Gasteiger partial charge in [0.1, 0.15) is 0 Å². The molecule has 0 aliphatic rings. The average Bonchev–Trinajstić information content (AvgIpc) is 2.59. The number of carbonyl (C=O) groups excluding carboxylic acids is 3. The Kier molecular flexibility index (Phi) is 6.09. The number of hydrogen-bond acceptors (Lipinski definition) is 4. The lowest BCUT2D eigenvalue weighted by Crippen LogP contribution is -2.14. The van der Waals surface area contributed by atoms with Crippen LogP contribution >= 0.6 is 11.6 Å². The van der Waals surface area contributed by atoms with E-state index in [0.717, 1.165) is 0 Å². The SMILES string of the molecule is COC(=O)c1cccc(NC(=O)CCC(=O)c2ccccc2Cl)c1. The Morgan fingerprint density at radius 1 is 1.04 bits per heavy atom. The van der Waals surface area contributed by atoms with Crippen LogP contribution in [-0.4, -0.2) is 24.8 Å². The van der Waals surface area contributed by atoms with E-state index in [4.69, 9.17) is 11.6 Å². The summed E-state index contributed by atoms with van der Waals surface area (Å²) in [6.07, 6.45) is 0.0682. The van der Waals surface area contributed by atoms with E-state index < -0.39 is 5.97 Å². The summed E-state index contributed by atoms with van der Waals surface area (Å²) in [6, 6.07) is 13.1. The Morgan fingerprint density at radius 2 is 1.79 bits per heavy atom. The molecule has 0 saturated heterocycles. The zero-order chi connectivity index (χ0) is 17.5. The van der Waals surface area contributed by atoms with Gasteiger partial charge in [-0.05, 0) is 30.3 Å². The van der Waals surface area contributed by atoms with Gasteiger partial charge in [0.2, 0.25) is 5.91 Å². The number of hydrogen-bond donors (Lipinski definition) is 1. The maximum atomic E-state index is 12.1. The van der Waals surface area contributed by atoms with Crippen LogP contribution in [0.4, 0.5) is 5.69 Å². The smallest absolute Gasteiger partial charge is 0.337 e. The molecule has 0 fully saturated rings. The molecule has 0 aliphatic heterocycles. The summed E-state index contributed by atoms with van der Waals surface area (Å²) in [4.78, 5) is 35.5. The molecule has 0 bridgehead atoms. The molecule has 0 aliphatic carbocycles. The van der Waals surface area contributed by atoms with Crippen molar-refractivity contribution in [3.05, 3.63) is 64.7 Å². The van der Waals surface area contributed by atoms with Gasteiger partial charge >= 0.3 is 5.97 Å². The number of nitrogens with one attached hydrogen (secondary N) is 1. The molecule has 0 saturated carbocycles. The lowest BCUT2D eigenvalue weighted by Gasteiger charge is -2.07. The van der Waals surface area contributed by atoms with Crippen LogP contribution in [0.3, 0.4) is 0 Å². The molecule has 6 heteroatoms. The van der Waals surface area contributed by atoms with Crippen molar-refractivity contribution in [2.24, 2.45) is 0 Å². The minimum Gasteiger partial charge on any atom is -0.465 e. The van der Waals surface area contributed by atoms with Crippen LogP contribution in [0.15, 0.2) is 48.5 Å². The standard InChI is InChI=1S/C18H16ClNO4/c1-24-18(23)12-5-4-6-13(11-12)20-17(22)10-9-16(21)14-7-2-3-8-15(14)19/h2-8,11H,9-10H2,1H3,(H,20,22). The van der Waals surface area contributed by atoms with Crippen LogP contribution in [0.25, 0.3) is 0 Å². The van der Waals surface area contributed by atoms with E-state index in [1.165, 1.54) is 13.2 Å². The van der Waals surface area contributed by atoms with E-state index in [0.29, 0.717) is 21.8 Å². The largest absolute Gasteiger partial charge is 0.465 e. The molecule has 0 unspecified atom stereocenters. The number of Topliss-reactive ketones (excluding diaryl/α,β-unsaturated/α-hetero) is 1. The first-order valence-corrected chi connectivity index (χ1v) is 7.65. The van der Waals surface area contributed by atoms with Gasteiger partial charge in [-0.1, -0.05) is 29.8 Å². The van der Waals surface area contributed by atoms with Crippen molar-refractivity contribution in [2.75, 3.05) is 12.4 Å². The normalized spacial score (nSPS) is 10.1. The lowest BCUT2D eigenvalue weighted by atomic mass is 10.1. The molecule has 0 spiro atoms. The molecule has 5 nitrogen and oxygen atoms in total. The van der Waals surface area contributed by atoms with Gasteiger partial charge in [-0.2, -0.15) is 0 Å². The van der Waals surface area contributed by atoms with Crippen LogP contribution in [0.5, 0.6) is 0 Å². The second-order valence-electron chi connectivity index (χ2n) is 5.02. The number of anilines is 1. The van der Waals surface area contributed by atoms with Crippen LogP contribution in [0.1, 0.15) is 33.6 Å². The minimum absolute atomic E-state index is 0.0203. The fourth-order valence-corrected chi connectivity index (χ4v) is 2.36. The predicted octanol–water partition coefficient (Wildman–Crippen LogP) is 3.73. The van der Waals surface area contributed by atoms with Crippen molar-refractivity contribution in [3.63, 3.8) is 0 Å². The number of carbonyl (C=O) groups is 3. The Bertz CT molecular complexity index is 773. The third kappa shape index (κ3) is 4.67. The molecule has 0 heterocycles. The highest BCUT2D eigenvalue weighted by atomic mass is 35.5. The molecule has 1 amide bonds. The monoisotopic (exact) mass is 345 g/mol. The predicted molar refractivity (Wildman–Crippen MR) is 91.4 cm³/mol. The first-order valence-electron chi connectivity index (χ1n) is 7.27. The molecule has 1 N–H and O–H groups in total. The van der Waals surface area contributed by atoms with E-state index >= 15 is 0 Å². The fraction of sp³-hybridized carbons (Fsp3) is 0.167. The Morgan fingerprint density at radius 3 is 2.50 bits per heavy atom. The van der Waals surface area contributed by atoms with Crippen LogP contribution < -0.4 is 5.32 Å². The third-order valence-corrected chi connectivity index (χ3v) is 3.65. The quantitative estimate of drug-likeness (QED) is 0.639. The molecular formula is C18H16ClNO4. The summed E-state index contributed by atoms with van der Waals surface area (Å²) < 4.78 is 4.63. The summed E-state index contributed by atoms with van der Waals surface area (Å²) in [5.41, 5.74) is 1.20. The Labute approximate surface area is 144 Å². The summed E-state index contributed by atoms with van der Waals surface area (Å²) >= 11 is 5.96. The highest BCUT2D eigenvalue weighted by Crippen LogP contribution is 2.18. The van der Waals surface area contributed by atoms with Crippen LogP contribution in [0, 0.1) is 0 Å². The van der Waals surface area contributed by atoms with Crippen molar-refractivity contribution >= 4 is 34.9 Å². The van der Waals surface area contributed by atoms with Gasteiger partial charge in [0.15, 0.2) is 5.78 Å². The van der Waals surface area contributed by atoms with Crippen LogP contribution in [0.2, 0.25) is 5.02 Å². The molecule has 124 valence electrons. The minimum atomic E-state index is -0.486. The lowest BCUT2D eigenvalue weighted by molar-refractivity contribution is -0.116. The van der Waals surface area contributed by atoms with Gasteiger partial charge < -0.3 is 10.1 Å². The fourth-order valence-electron chi connectivity index (χ4n) is 2.11. The van der Waals surface area contributed by atoms with E-state index in [-0.39, 0.29) is 24.5 Å². The summed E-state index contributed by atoms with van der Waals surface area (Å²) in [5.74, 6) is -1.00. The first-order chi connectivity index (χ1) is 11.5. The Balaban J connectivity index is 1.93. The number of amides is 1. The zero-order valence-electron chi connectivity index (χ0n) is 13.0. The number of esters is 1. The summed E-state index contributed by atoms with van der Waals surface area (Å²) in [5, 5.41) is 3.02. The first kappa shape index (κ1) is 17.7. The molecule has 24 heavy (non-hydrogen) atoms. The zero-order valence-corrected chi connectivity index (χ0v) is 13.8. The molecule has 0 aromatic heterocycles. The number of ketones is 1. The van der Waals surface area contributed by atoms with Crippen LogP contribution in [-0.2, 0) is 9.53 Å². The molecule has 0 atom stereocenters. The van der Waals surface area contributed by atoms with Crippen molar-refractivity contribution in [3.8, 4) is 0 Å². The van der Waals surface area contributed by atoms with E-state index in [1.54, 1.807) is 42.5 Å². The highest BCUT2D eigenvalue weighted by molar-refractivity contribution is 6.34. The second-order valence-corrected chi connectivity index (χ2v) is 5.43. The van der Waals surface area contributed by atoms with Crippen molar-refractivity contribution < 1.29 is 19.1 Å². The molecule has 2 aromatic rings. The van der Waals surface area contributed by atoms with Gasteiger partial charge in [-0.15, -0.1) is 0 Å². The highest BCUT2D eigenvalue weighted by Gasteiger charge is 2.13. The molecule has 2 aromatic carbocycles. The van der Waals surface area contributed by atoms with Gasteiger partial charge in [0, 0.05) is 24.1 Å². The van der Waals surface area contributed by atoms with Gasteiger partial charge in [-0.3, -0.25) is 9.59 Å². The molecule has 0 radical (unpaired) electrons. The van der Waals surface area contributed by atoms with Gasteiger partial charge in [0.25, 0.3) is 0 Å². The molecular weight excluding hydrogens is 330 g/mol. The maximum Gasteiger partial charge on any atom is 0.337 e. The topological polar surface area (TPSA) is 72.5 Å². The van der Waals surface area contributed by atoms with E-state index in [2.05, 4.69) is 10.1 Å². The van der Waals surface area contributed by atoms with E-state index in [9.17, 15) is 14.4 Å². The summed E-state index contributed by atoms with van der Waals surface area (Å²) in [6.45, 7) is 0. The third-order valence-electron chi connectivity index (χ3n) is 3.32. The van der Waals surface area contributed by atoms with Gasteiger partial charge in [-0.25, -0.2) is 4.79 Å². The van der Waals surface area contributed by atoms with E-state index in [1.807, 2.05) is 0 Å². The Hall–Kier alpha value is -2.66. The van der Waals surface area contributed by atoms with Gasteiger partial charge in [0.05, 0.1) is 17.7 Å². The summed E-state index contributed by atoms with van der Waals surface area (Å²) in [7, 11) is 1.29. The van der Waals surface area contributed by atoms with Crippen molar-refractivity contribution in [1.82, 2.24) is 0 Å². The maximum absolute atomic E-state index is 12.1. The van der Waals surface area contributed by atoms with Crippen molar-refractivity contribution in [1.29, 1.82) is 0 Å². The number of ether oxygens (including phenoxy) is 1. The molecule has 2 rings (SSSR count). The number of methoxy groups -OCH3 is 1. The van der Waals surface area contributed by atoms with Crippen molar-refractivity contribution in [2.45, 2.75) is 12.8 Å². The second kappa shape index (κ2) is 8.26.